The van der Waals surface area contributed by atoms with Crippen LogP contribution in [0.3, 0.4) is 0 Å². The van der Waals surface area contributed by atoms with Gasteiger partial charge in [-0.1, -0.05) is 18.2 Å². The molecular formula is C17H17FN2O2S. The second-order valence-electron chi connectivity index (χ2n) is 5.42. The number of nitrogens with one attached hydrogen (secondary N) is 1. The Bertz CT molecular complexity index is 702. The van der Waals surface area contributed by atoms with Crippen LogP contribution in [0.4, 0.5) is 4.39 Å². The van der Waals surface area contributed by atoms with Gasteiger partial charge in [-0.2, -0.15) is 0 Å². The lowest BCUT2D eigenvalue weighted by molar-refractivity contribution is -0.131. The maximum absolute atomic E-state index is 13.6. The average Bonchev–Trinajstić information content (AvgIpc) is 3.23. The molecule has 4 nitrogen and oxygen atoms in total. The van der Waals surface area contributed by atoms with Gasteiger partial charge >= 0.3 is 0 Å². The molecule has 1 aliphatic heterocycles. The van der Waals surface area contributed by atoms with Gasteiger partial charge in [0.25, 0.3) is 5.91 Å². The summed E-state index contributed by atoms with van der Waals surface area (Å²) in [6.07, 6.45) is 1.89. The molecule has 1 aliphatic rings. The van der Waals surface area contributed by atoms with Gasteiger partial charge in [0.1, 0.15) is 5.82 Å². The Morgan fingerprint density at radius 1 is 1.26 bits per heavy atom. The van der Waals surface area contributed by atoms with Crippen molar-refractivity contribution in [2.75, 3.05) is 13.1 Å². The lowest BCUT2D eigenvalue weighted by Crippen LogP contribution is -2.39. The largest absolute Gasteiger partial charge is 0.343 e. The van der Waals surface area contributed by atoms with Crippen LogP contribution in [0.25, 0.3) is 0 Å². The van der Waals surface area contributed by atoms with E-state index in [2.05, 4.69) is 5.32 Å². The summed E-state index contributed by atoms with van der Waals surface area (Å²) in [6, 6.07) is 9.83. The predicted octanol–water partition coefficient (Wildman–Crippen LogP) is 2.98. The Hall–Kier alpha value is -2.21. The van der Waals surface area contributed by atoms with Crippen LogP contribution in [0.2, 0.25) is 0 Å². The normalized spacial score (nSPS) is 17.3. The molecule has 1 aromatic carbocycles. The lowest BCUT2D eigenvalue weighted by Gasteiger charge is -2.24. The van der Waals surface area contributed by atoms with Gasteiger partial charge in [-0.3, -0.25) is 9.59 Å². The van der Waals surface area contributed by atoms with Crippen LogP contribution in [0.5, 0.6) is 0 Å². The van der Waals surface area contributed by atoms with E-state index in [-0.39, 0.29) is 24.1 Å². The number of halogens is 1. The molecule has 0 saturated carbocycles. The molecule has 23 heavy (non-hydrogen) atoms. The molecule has 0 bridgehead atoms. The van der Waals surface area contributed by atoms with Crippen molar-refractivity contribution in [2.45, 2.75) is 18.9 Å². The highest BCUT2D eigenvalue weighted by Gasteiger charge is 2.30. The molecule has 1 saturated heterocycles. The SMILES string of the molecule is O=C(NCC(=O)N1CCCC1c1cccs1)c1ccccc1F. The number of carbonyl (C=O) groups excluding carboxylic acids is 2. The third kappa shape index (κ3) is 3.42. The van der Waals surface area contributed by atoms with Crippen molar-refractivity contribution < 1.29 is 14.0 Å². The summed E-state index contributed by atoms with van der Waals surface area (Å²) in [5, 5.41) is 4.51. The Morgan fingerprint density at radius 2 is 2.09 bits per heavy atom. The van der Waals surface area contributed by atoms with E-state index in [0.717, 1.165) is 17.7 Å². The van der Waals surface area contributed by atoms with Gasteiger partial charge in [-0.25, -0.2) is 4.39 Å². The minimum atomic E-state index is -0.588. The molecular weight excluding hydrogens is 315 g/mol. The Morgan fingerprint density at radius 3 is 2.83 bits per heavy atom. The maximum atomic E-state index is 13.6. The van der Waals surface area contributed by atoms with Gasteiger partial charge in [0.15, 0.2) is 0 Å². The first-order chi connectivity index (χ1) is 11.2. The second-order valence-corrected chi connectivity index (χ2v) is 6.40. The predicted molar refractivity (Wildman–Crippen MR) is 86.7 cm³/mol. The van der Waals surface area contributed by atoms with E-state index in [1.165, 1.54) is 18.2 Å². The fraction of sp³-hybridized carbons (Fsp3) is 0.294. The highest BCUT2D eigenvalue weighted by molar-refractivity contribution is 7.10. The van der Waals surface area contributed by atoms with Crippen molar-refractivity contribution in [3.63, 3.8) is 0 Å². The van der Waals surface area contributed by atoms with Crippen LogP contribution in [0.1, 0.15) is 34.1 Å². The van der Waals surface area contributed by atoms with Gasteiger partial charge in [0.2, 0.25) is 5.91 Å². The number of hydrogen-bond acceptors (Lipinski definition) is 3. The van der Waals surface area contributed by atoms with Gasteiger partial charge in [0.05, 0.1) is 18.2 Å². The van der Waals surface area contributed by atoms with E-state index >= 15 is 0 Å². The van der Waals surface area contributed by atoms with Crippen LogP contribution in [-0.2, 0) is 4.79 Å². The molecule has 0 aliphatic carbocycles. The number of benzene rings is 1. The van der Waals surface area contributed by atoms with Crippen molar-refractivity contribution in [2.24, 2.45) is 0 Å². The van der Waals surface area contributed by atoms with Crippen LogP contribution in [0.15, 0.2) is 41.8 Å². The van der Waals surface area contributed by atoms with E-state index in [4.69, 9.17) is 0 Å². The third-order valence-electron chi connectivity index (χ3n) is 3.96. The fourth-order valence-corrected chi connectivity index (χ4v) is 3.71. The summed E-state index contributed by atoms with van der Waals surface area (Å²) in [7, 11) is 0. The summed E-state index contributed by atoms with van der Waals surface area (Å²) in [4.78, 5) is 27.3. The van der Waals surface area contributed by atoms with E-state index in [1.807, 2.05) is 17.5 Å². The van der Waals surface area contributed by atoms with Crippen molar-refractivity contribution in [3.05, 3.63) is 58.0 Å². The standard InChI is InChI=1S/C17H17FN2O2S/c18-13-6-2-1-5-12(13)17(22)19-11-16(21)20-9-3-7-14(20)15-8-4-10-23-15/h1-2,4-6,8,10,14H,3,7,9,11H2,(H,19,22). The molecule has 1 unspecified atom stereocenters. The van der Waals surface area contributed by atoms with Crippen molar-refractivity contribution in [1.82, 2.24) is 10.2 Å². The van der Waals surface area contributed by atoms with E-state index in [9.17, 15) is 14.0 Å². The van der Waals surface area contributed by atoms with Crippen LogP contribution in [-0.4, -0.2) is 29.8 Å². The van der Waals surface area contributed by atoms with E-state index in [1.54, 1.807) is 22.3 Å². The molecule has 2 heterocycles. The zero-order chi connectivity index (χ0) is 16.2. The Kier molecular flexibility index (Phi) is 4.71. The smallest absolute Gasteiger partial charge is 0.254 e. The molecule has 1 N–H and O–H groups in total. The zero-order valence-corrected chi connectivity index (χ0v) is 13.3. The molecule has 2 aromatic rings. The number of nitrogens with zero attached hydrogens (tertiary/aromatic N) is 1. The molecule has 1 fully saturated rings. The highest BCUT2D eigenvalue weighted by atomic mass is 32.1. The topological polar surface area (TPSA) is 49.4 Å². The van der Waals surface area contributed by atoms with Crippen LogP contribution >= 0.6 is 11.3 Å². The number of likely N-dealkylation sites (tertiary alicyclic amines) is 1. The summed E-state index contributed by atoms with van der Waals surface area (Å²) in [5.74, 6) is -1.29. The molecule has 3 rings (SSSR count). The number of rotatable bonds is 4. The van der Waals surface area contributed by atoms with Gasteiger partial charge in [-0.15, -0.1) is 11.3 Å². The average molecular weight is 332 g/mol. The number of hydrogen-bond donors (Lipinski definition) is 1. The maximum Gasteiger partial charge on any atom is 0.254 e. The van der Waals surface area contributed by atoms with Crippen molar-refractivity contribution in [1.29, 1.82) is 0 Å². The zero-order valence-electron chi connectivity index (χ0n) is 12.5. The highest BCUT2D eigenvalue weighted by Crippen LogP contribution is 2.34. The van der Waals surface area contributed by atoms with Crippen molar-refractivity contribution in [3.8, 4) is 0 Å². The third-order valence-corrected chi connectivity index (χ3v) is 4.94. The summed E-state index contributed by atoms with van der Waals surface area (Å²) >= 11 is 1.63. The quantitative estimate of drug-likeness (QED) is 0.936. The molecule has 0 radical (unpaired) electrons. The first kappa shape index (κ1) is 15.7. The fourth-order valence-electron chi connectivity index (χ4n) is 2.84. The van der Waals surface area contributed by atoms with Gasteiger partial charge < -0.3 is 10.2 Å². The van der Waals surface area contributed by atoms with E-state index < -0.39 is 11.7 Å². The van der Waals surface area contributed by atoms with Crippen molar-refractivity contribution >= 4 is 23.2 Å². The Balaban J connectivity index is 1.61. The first-order valence-corrected chi connectivity index (χ1v) is 8.40. The summed E-state index contributed by atoms with van der Waals surface area (Å²) in [6.45, 7) is 0.575. The summed E-state index contributed by atoms with van der Waals surface area (Å²) in [5.41, 5.74) is -0.0449. The summed E-state index contributed by atoms with van der Waals surface area (Å²) < 4.78 is 13.6. The first-order valence-electron chi connectivity index (χ1n) is 7.52. The monoisotopic (exact) mass is 332 g/mol. The van der Waals surface area contributed by atoms with Crippen LogP contribution < -0.4 is 5.32 Å². The molecule has 0 spiro atoms. The number of thiophene rings is 1. The minimum Gasteiger partial charge on any atom is -0.343 e. The van der Waals surface area contributed by atoms with Gasteiger partial charge in [-0.05, 0) is 36.4 Å². The van der Waals surface area contributed by atoms with Gasteiger partial charge in [0, 0.05) is 11.4 Å². The molecule has 6 heteroatoms. The minimum absolute atomic E-state index is 0.0449. The molecule has 1 aromatic heterocycles. The lowest BCUT2D eigenvalue weighted by atomic mass is 10.2. The molecule has 120 valence electrons. The second kappa shape index (κ2) is 6.91. The Labute approximate surface area is 137 Å². The number of amides is 2. The number of carbonyl (C=O) groups is 2. The molecule has 1 atom stereocenters. The van der Waals surface area contributed by atoms with E-state index in [0.29, 0.717) is 6.54 Å². The van der Waals surface area contributed by atoms with Crippen LogP contribution in [0, 0.1) is 5.82 Å². The molecule has 2 amide bonds.